The van der Waals surface area contributed by atoms with Crippen LogP contribution in [0.1, 0.15) is 65.6 Å². The summed E-state index contributed by atoms with van der Waals surface area (Å²) >= 11 is 1.47. The molecule has 0 radical (unpaired) electrons. The number of hydrogen-bond donors (Lipinski definition) is 3. The summed E-state index contributed by atoms with van der Waals surface area (Å²) < 4.78 is 12.5. The molecule has 2 saturated carbocycles. The minimum Gasteiger partial charge on any atom is -0.390 e. The number of aromatic nitrogens is 3. The molecule has 11 nitrogen and oxygen atoms in total. The molecule has 0 unspecified atom stereocenters. The maximum Gasteiger partial charge on any atom is 0.229 e. The van der Waals surface area contributed by atoms with Crippen LogP contribution >= 0.6 is 11.3 Å². The van der Waals surface area contributed by atoms with E-state index in [1.54, 1.807) is 12.4 Å². The standard InChI is InChI=1S/C32H44N6O5S/c1-19-17-37(31(41)43-32(2,3)4)10-11-38(19)23-12-21(13-23)29(40)36-30-35-24-9-8-20(14-27(24)44-30)22-15-33-28(34-16-22)18-42-26-7-5-6-25(26)39/h8-9,14-16,19,21,23,25-26,31,39,41H,5-7,10-13,17-18H2,1-4H3,(H,35,36,40)/t19-,21?,23?,25-,26-,31-/m0/s1. The molecule has 2 aliphatic carbocycles. The van der Waals surface area contributed by atoms with Crippen LogP contribution in [0.3, 0.4) is 0 Å². The molecule has 12 heteroatoms. The summed E-state index contributed by atoms with van der Waals surface area (Å²) in [5.74, 6) is 0.590. The van der Waals surface area contributed by atoms with E-state index < -0.39 is 18.1 Å². The van der Waals surface area contributed by atoms with Crippen LogP contribution < -0.4 is 5.32 Å². The number of carbonyl (C=O) groups excluding carboxylic acids is 1. The molecule has 0 bridgehead atoms. The monoisotopic (exact) mass is 624 g/mol. The lowest BCUT2D eigenvalue weighted by atomic mass is 9.78. The molecule has 2 aromatic heterocycles. The molecular formula is C32H44N6O5S. The Morgan fingerprint density at radius 1 is 1.16 bits per heavy atom. The second kappa shape index (κ2) is 13.0. The quantitative estimate of drug-likeness (QED) is 0.300. The molecule has 238 valence electrons. The van der Waals surface area contributed by atoms with E-state index in [9.17, 15) is 15.0 Å². The normalized spacial score (nSPS) is 27.4. The summed E-state index contributed by atoms with van der Waals surface area (Å²) in [6.45, 7) is 10.6. The second-order valence-electron chi connectivity index (χ2n) is 13.4. The topological polar surface area (TPSA) is 133 Å². The van der Waals surface area contributed by atoms with Gasteiger partial charge in [0.25, 0.3) is 0 Å². The van der Waals surface area contributed by atoms with Gasteiger partial charge in [-0.3, -0.25) is 14.6 Å². The number of amides is 1. The summed E-state index contributed by atoms with van der Waals surface area (Å²) in [5.41, 5.74) is 2.30. The lowest BCUT2D eigenvalue weighted by Crippen LogP contribution is -2.61. The van der Waals surface area contributed by atoms with Crippen molar-refractivity contribution in [3.05, 3.63) is 36.4 Å². The molecule has 1 amide bonds. The predicted octanol–water partition coefficient (Wildman–Crippen LogP) is 4.00. The number of nitrogens with one attached hydrogen (secondary N) is 1. The van der Waals surface area contributed by atoms with Crippen LogP contribution in [0, 0.1) is 5.92 Å². The van der Waals surface area contributed by atoms with Gasteiger partial charge in [-0.15, -0.1) is 0 Å². The Bertz CT molecular complexity index is 1440. The number of aliphatic hydroxyl groups is 2. The van der Waals surface area contributed by atoms with Crippen LogP contribution in [0.4, 0.5) is 5.13 Å². The van der Waals surface area contributed by atoms with Crippen molar-refractivity contribution in [3.8, 4) is 11.1 Å². The summed E-state index contributed by atoms with van der Waals surface area (Å²) in [7, 11) is 0. The summed E-state index contributed by atoms with van der Waals surface area (Å²) in [6, 6.07) is 6.64. The molecule has 4 atom stereocenters. The molecule has 44 heavy (non-hydrogen) atoms. The van der Waals surface area contributed by atoms with Gasteiger partial charge < -0.3 is 25.0 Å². The van der Waals surface area contributed by atoms with Crippen LogP contribution in [-0.2, 0) is 20.9 Å². The van der Waals surface area contributed by atoms with Crippen molar-refractivity contribution in [1.29, 1.82) is 0 Å². The highest BCUT2D eigenvalue weighted by Crippen LogP contribution is 2.36. The van der Waals surface area contributed by atoms with Gasteiger partial charge >= 0.3 is 0 Å². The molecule has 3 aromatic rings. The van der Waals surface area contributed by atoms with Crippen LogP contribution in [0.25, 0.3) is 21.3 Å². The summed E-state index contributed by atoms with van der Waals surface area (Å²) in [6.07, 6.45) is 6.45. The second-order valence-corrected chi connectivity index (χ2v) is 14.4. The van der Waals surface area contributed by atoms with Gasteiger partial charge in [0.2, 0.25) is 12.3 Å². The molecule has 1 saturated heterocycles. The van der Waals surface area contributed by atoms with Crippen molar-refractivity contribution in [2.45, 2.75) is 103 Å². The maximum absolute atomic E-state index is 13.1. The van der Waals surface area contributed by atoms with Crippen molar-refractivity contribution in [2.24, 2.45) is 5.92 Å². The molecule has 3 heterocycles. The van der Waals surface area contributed by atoms with E-state index in [4.69, 9.17) is 9.47 Å². The molecule has 3 fully saturated rings. The number of nitrogens with zero attached hydrogens (tertiary/aromatic N) is 5. The van der Waals surface area contributed by atoms with Crippen molar-refractivity contribution in [2.75, 3.05) is 25.0 Å². The van der Waals surface area contributed by atoms with Crippen LogP contribution in [0.15, 0.2) is 30.6 Å². The predicted molar refractivity (Wildman–Crippen MR) is 169 cm³/mol. The van der Waals surface area contributed by atoms with Gasteiger partial charge in [0, 0.05) is 55.6 Å². The highest BCUT2D eigenvalue weighted by atomic mass is 32.1. The van der Waals surface area contributed by atoms with Crippen molar-refractivity contribution < 1.29 is 24.5 Å². The summed E-state index contributed by atoms with van der Waals surface area (Å²) in [5, 5.41) is 24.1. The van der Waals surface area contributed by atoms with Gasteiger partial charge in [-0.1, -0.05) is 17.4 Å². The Morgan fingerprint density at radius 2 is 1.93 bits per heavy atom. The van der Waals surface area contributed by atoms with Gasteiger partial charge in [0.15, 0.2) is 11.0 Å². The zero-order valence-corrected chi connectivity index (χ0v) is 26.8. The van der Waals surface area contributed by atoms with Gasteiger partial charge in [0.1, 0.15) is 6.61 Å². The van der Waals surface area contributed by atoms with E-state index >= 15 is 0 Å². The van der Waals surface area contributed by atoms with E-state index in [0.29, 0.717) is 17.0 Å². The fraction of sp³-hybridized carbons (Fsp3) is 0.625. The smallest absolute Gasteiger partial charge is 0.229 e. The SMILES string of the molecule is C[C@H]1CN([C@@H](O)OC(C)(C)C)CCN1C1CC(C(=O)Nc2nc3ccc(-c4cnc(CO[C@H]5CCC[C@@H]5O)nc4)cc3s2)C1. The largest absolute Gasteiger partial charge is 0.390 e. The van der Waals surface area contributed by atoms with Gasteiger partial charge in [-0.25, -0.2) is 15.0 Å². The zero-order chi connectivity index (χ0) is 31.0. The van der Waals surface area contributed by atoms with E-state index in [1.165, 1.54) is 11.3 Å². The third-order valence-corrected chi connectivity index (χ3v) is 9.87. The van der Waals surface area contributed by atoms with Crippen molar-refractivity contribution >= 4 is 32.6 Å². The van der Waals surface area contributed by atoms with Crippen LogP contribution in [0.2, 0.25) is 0 Å². The Morgan fingerprint density at radius 3 is 2.61 bits per heavy atom. The van der Waals surface area contributed by atoms with Gasteiger partial charge in [-0.2, -0.15) is 0 Å². The number of benzene rings is 1. The Labute approximate surface area is 262 Å². The zero-order valence-electron chi connectivity index (χ0n) is 26.0. The Kier molecular flexibility index (Phi) is 9.30. The molecule has 3 aliphatic rings. The third-order valence-electron chi connectivity index (χ3n) is 8.94. The lowest BCUT2D eigenvalue weighted by molar-refractivity contribution is -0.248. The van der Waals surface area contributed by atoms with E-state index in [1.807, 2.05) is 37.8 Å². The highest BCUT2D eigenvalue weighted by Gasteiger charge is 2.42. The number of anilines is 1. The molecule has 6 rings (SSSR count). The van der Waals surface area contributed by atoms with Crippen LogP contribution in [-0.4, -0.2) is 96.8 Å². The Hall–Kier alpha value is -2.58. The number of aliphatic hydroxyl groups excluding tert-OH is 2. The minimum atomic E-state index is -0.902. The number of ether oxygens (including phenoxy) is 2. The maximum atomic E-state index is 13.1. The number of piperazine rings is 1. The first-order chi connectivity index (χ1) is 21.0. The molecule has 1 aliphatic heterocycles. The molecule has 0 spiro atoms. The summed E-state index contributed by atoms with van der Waals surface area (Å²) in [4.78, 5) is 31.1. The van der Waals surface area contributed by atoms with Gasteiger partial charge in [0.05, 0.1) is 28.0 Å². The number of carbonyl (C=O) groups is 1. The van der Waals surface area contributed by atoms with E-state index in [2.05, 4.69) is 38.2 Å². The Balaban J connectivity index is 0.990. The fourth-order valence-corrected chi connectivity index (χ4v) is 7.34. The lowest BCUT2D eigenvalue weighted by Gasteiger charge is -2.50. The average Bonchev–Trinajstić information content (AvgIpc) is 3.55. The average molecular weight is 625 g/mol. The van der Waals surface area contributed by atoms with Gasteiger partial charge in [-0.05, 0) is 77.5 Å². The van der Waals surface area contributed by atoms with Crippen molar-refractivity contribution in [3.63, 3.8) is 0 Å². The third kappa shape index (κ3) is 7.28. The molecule has 3 N–H and O–H groups in total. The van der Waals surface area contributed by atoms with Crippen LogP contribution in [0.5, 0.6) is 0 Å². The van der Waals surface area contributed by atoms with E-state index in [0.717, 1.165) is 73.1 Å². The first-order valence-corrected chi connectivity index (χ1v) is 16.5. The number of fused-ring (bicyclic) bond motifs is 1. The number of thiazole rings is 1. The van der Waals surface area contributed by atoms with Crippen molar-refractivity contribution in [1.82, 2.24) is 24.8 Å². The highest BCUT2D eigenvalue weighted by molar-refractivity contribution is 7.22. The van der Waals surface area contributed by atoms with E-state index in [-0.39, 0.29) is 30.6 Å². The molecular weight excluding hydrogens is 580 g/mol. The first kappa shape index (κ1) is 31.4. The number of rotatable bonds is 9. The number of hydrogen-bond acceptors (Lipinski definition) is 11. The fourth-order valence-electron chi connectivity index (χ4n) is 6.43. The first-order valence-electron chi connectivity index (χ1n) is 15.7. The minimum absolute atomic E-state index is 0.0251. The molecule has 1 aromatic carbocycles.